The highest BCUT2D eigenvalue weighted by Gasteiger charge is 2.51. The number of carbonyl (C=O) groups is 3. The molecular formula is C30H24N2O8S. The van der Waals surface area contributed by atoms with E-state index < -0.39 is 48.0 Å². The van der Waals surface area contributed by atoms with Crippen molar-refractivity contribution in [3.63, 3.8) is 0 Å². The summed E-state index contributed by atoms with van der Waals surface area (Å²) < 4.78 is 24.8. The first-order valence-corrected chi connectivity index (χ1v) is 13.0. The van der Waals surface area contributed by atoms with Gasteiger partial charge in [0.1, 0.15) is 12.7 Å². The molecule has 0 aliphatic carbocycles. The van der Waals surface area contributed by atoms with Crippen molar-refractivity contribution in [3.8, 4) is 0 Å². The second kappa shape index (κ2) is 12.5. The Morgan fingerprint density at radius 1 is 0.732 bits per heavy atom. The van der Waals surface area contributed by atoms with Gasteiger partial charge in [-0.3, -0.25) is 14.3 Å². The van der Waals surface area contributed by atoms with Crippen molar-refractivity contribution in [1.29, 1.82) is 0 Å². The lowest BCUT2D eigenvalue weighted by molar-refractivity contribution is -0.0632. The molecule has 10 nitrogen and oxygen atoms in total. The van der Waals surface area contributed by atoms with Crippen LogP contribution in [0.1, 0.15) is 37.3 Å². The van der Waals surface area contributed by atoms with E-state index in [2.05, 4.69) is 4.98 Å². The molecule has 0 amide bonds. The predicted molar refractivity (Wildman–Crippen MR) is 148 cm³/mol. The number of carbonyl (C=O) groups excluding carboxylic acids is 3. The van der Waals surface area contributed by atoms with Gasteiger partial charge in [0.05, 0.1) is 16.7 Å². The van der Waals surface area contributed by atoms with Crippen molar-refractivity contribution in [2.24, 2.45) is 0 Å². The minimum atomic E-state index is -1.24. The van der Waals surface area contributed by atoms with Crippen molar-refractivity contribution in [3.05, 3.63) is 135 Å². The van der Waals surface area contributed by atoms with Crippen LogP contribution in [0.25, 0.3) is 0 Å². The van der Waals surface area contributed by atoms with E-state index in [9.17, 15) is 19.2 Å². The molecule has 4 atom stereocenters. The molecule has 0 spiro atoms. The molecule has 0 radical (unpaired) electrons. The van der Waals surface area contributed by atoms with Crippen LogP contribution in [0.15, 0.2) is 108 Å². The molecule has 2 heterocycles. The van der Waals surface area contributed by atoms with E-state index in [0.717, 1.165) is 0 Å². The lowest BCUT2D eigenvalue weighted by atomic mass is 10.1. The summed E-state index contributed by atoms with van der Waals surface area (Å²) in [5.41, 5.74) is 0.380. The van der Waals surface area contributed by atoms with E-state index in [1.54, 1.807) is 91.0 Å². The Hall–Kier alpha value is -4.87. The van der Waals surface area contributed by atoms with Gasteiger partial charge >= 0.3 is 17.9 Å². The fourth-order valence-electron chi connectivity index (χ4n) is 4.31. The Balaban J connectivity index is 1.50. The minimum absolute atomic E-state index is 0.0154. The summed E-state index contributed by atoms with van der Waals surface area (Å²) in [6.07, 6.45) is -3.29. The van der Waals surface area contributed by atoms with Gasteiger partial charge in [-0.25, -0.2) is 14.4 Å². The SMILES string of the molecule is O=C(OC[C@H]1O[C@@H](n2ccc(=O)[nH]c2=S)C(OC(=O)c2ccccc2)C1OC(=O)c1ccccc1)c1ccccc1. The first-order valence-electron chi connectivity index (χ1n) is 12.6. The number of benzene rings is 3. The third-order valence-electron chi connectivity index (χ3n) is 6.30. The number of rotatable bonds is 8. The molecule has 0 saturated carbocycles. The molecule has 0 bridgehead atoms. The van der Waals surface area contributed by atoms with Gasteiger partial charge in [-0.2, -0.15) is 0 Å². The number of nitrogens with one attached hydrogen (secondary N) is 1. The van der Waals surface area contributed by atoms with Gasteiger partial charge in [-0.1, -0.05) is 54.6 Å². The second-order valence-corrected chi connectivity index (χ2v) is 9.41. The van der Waals surface area contributed by atoms with E-state index in [1.807, 2.05) is 0 Å². The van der Waals surface area contributed by atoms with Crippen LogP contribution in [0.2, 0.25) is 0 Å². The normalized spacial score (nSPS) is 19.7. The fraction of sp³-hybridized carbons (Fsp3) is 0.167. The molecule has 1 saturated heterocycles. The standard InChI is InChI=1S/C30H24N2O8S/c33-23-16-17-32(30(41)31-23)26-25(40-29(36)21-14-8-3-9-15-21)24(39-28(35)20-12-6-2-7-13-20)22(38-26)18-37-27(34)19-10-4-1-5-11-19/h1-17,22,24-26H,18H2,(H,31,33,41)/t22-,24?,25?,26-/m1/s1. The van der Waals surface area contributed by atoms with Crippen LogP contribution in [-0.4, -0.2) is 52.4 Å². The summed E-state index contributed by atoms with van der Waals surface area (Å²) in [6, 6.07) is 26.1. The third-order valence-corrected chi connectivity index (χ3v) is 6.62. The highest BCUT2D eigenvalue weighted by atomic mass is 32.1. The average molecular weight is 573 g/mol. The maximum Gasteiger partial charge on any atom is 0.338 e. The third kappa shape index (κ3) is 6.48. The van der Waals surface area contributed by atoms with Gasteiger partial charge in [0.25, 0.3) is 5.56 Å². The first-order chi connectivity index (χ1) is 19.9. The smallest absolute Gasteiger partial charge is 0.338 e. The highest BCUT2D eigenvalue weighted by Crippen LogP contribution is 2.35. The number of nitrogens with zero attached hydrogens (tertiary/aromatic N) is 1. The lowest BCUT2D eigenvalue weighted by Gasteiger charge is -2.25. The maximum absolute atomic E-state index is 13.2. The van der Waals surface area contributed by atoms with Gasteiger partial charge in [0, 0.05) is 12.3 Å². The van der Waals surface area contributed by atoms with Crippen molar-refractivity contribution >= 4 is 30.1 Å². The number of esters is 3. The predicted octanol–water partition coefficient (Wildman–Crippen LogP) is 4.11. The zero-order chi connectivity index (χ0) is 28.8. The minimum Gasteiger partial charge on any atom is -0.459 e. The number of aromatic nitrogens is 2. The first kappa shape index (κ1) is 27.7. The van der Waals surface area contributed by atoms with Gasteiger partial charge in [-0.05, 0) is 48.6 Å². The Labute approximate surface area is 239 Å². The summed E-state index contributed by atoms with van der Waals surface area (Å²) in [4.78, 5) is 53.4. The lowest BCUT2D eigenvalue weighted by Crippen LogP contribution is -2.41. The van der Waals surface area contributed by atoms with Crippen LogP contribution in [-0.2, 0) is 18.9 Å². The molecular weight excluding hydrogens is 548 g/mol. The molecule has 3 aromatic carbocycles. The molecule has 1 aliphatic heterocycles. The Bertz CT molecular complexity index is 1640. The summed E-state index contributed by atoms with van der Waals surface area (Å²) in [6.45, 7) is -0.340. The van der Waals surface area contributed by atoms with Gasteiger partial charge in [0.15, 0.2) is 23.2 Å². The van der Waals surface area contributed by atoms with Gasteiger partial charge in [-0.15, -0.1) is 0 Å². The van der Waals surface area contributed by atoms with E-state index in [-0.39, 0.29) is 22.5 Å². The second-order valence-electron chi connectivity index (χ2n) is 9.02. The molecule has 1 aromatic heterocycles. The zero-order valence-corrected chi connectivity index (χ0v) is 22.3. The maximum atomic E-state index is 13.2. The number of hydrogen-bond donors (Lipinski definition) is 1. The summed E-state index contributed by atoms with van der Waals surface area (Å²) >= 11 is 5.34. The monoisotopic (exact) mass is 572 g/mol. The summed E-state index contributed by atoms with van der Waals surface area (Å²) in [5.74, 6) is -2.03. The number of aromatic amines is 1. The van der Waals surface area contributed by atoms with E-state index >= 15 is 0 Å². The molecule has 1 aliphatic rings. The van der Waals surface area contributed by atoms with Crippen molar-refractivity contribution < 1.29 is 33.3 Å². The van der Waals surface area contributed by atoms with Crippen LogP contribution in [0, 0.1) is 4.77 Å². The Kier molecular flexibility index (Phi) is 8.47. The van der Waals surface area contributed by atoms with Crippen LogP contribution in [0.4, 0.5) is 0 Å². The van der Waals surface area contributed by atoms with E-state index in [0.29, 0.717) is 5.56 Å². The van der Waals surface area contributed by atoms with Crippen molar-refractivity contribution in [2.45, 2.75) is 24.5 Å². The van der Waals surface area contributed by atoms with Crippen LogP contribution < -0.4 is 5.56 Å². The Morgan fingerprint density at radius 2 is 1.22 bits per heavy atom. The zero-order valence-electron chi connectivity index (χ0n) is 21.5. The molecule has 208 valence electrons. The molecule has 2 unspecified atom stereocenters. The van der Waals surface area contributed by atoms with Crippen molar-refractivity contribution in [2.75, 3.05) is 6.61 Å². The quantitative estimate of drug-likeness (QED) is 0.189. The van der Waals surface area contributed by atoms with E-state index in [1.165, 1.54) is 16.8 Å². The van der Waals surface area contributed by atoms with Crippen LogP contribution in [0.3, 0.4) is 0 Å². The molecule has 5 rings (SSSR count). The molecule has 11 heteroatoms. The van der Waals surface area contributed by atoms with Crippen LogP contribution >= 0.6 is 12.2 Å². The topological polar surface area (TPSA) is 126 Å². The number of ether oxygens (including phenoxy) is 4. The van der Waals surface area contributed by atoms with E-state index in [4.69, 9.17) is 31.2 Å². The number of H-pyrrole nitrogens is 1. The average Bonchev–Trinajstić information content (AvgIpc) is 3.33. The molecule has 4 aromatic rings. The van der Waals surface area contributed by atoms with Gasteiger partial charge in [0.2, 0.25) is 0 Å². The van der Waals surface area contributed by atoms with Crippen LogP contribution in [0.5, 0.6) is 0 Å². The Morgan fingerprint density at radius 3 is 1.73 bits per heavy atom. The highest BCUT2D eigenvalue weighted by molar-refractivity contribution is 7.71. The van der Waals surface area contributed by atoms with Crippen molar-refractivity contribution in [1.82, 2.24) is 9.55 Å². The summed E-state index contributed by atoms with van der Waals surface area (Å²) in [5, 5.41) is 0. The fourth-order valence-corrected chi connectivity index (χ4v) is 4.57. The summed E-state index contributed by atoms with van der Waals surface area (Å²) in [7, 11) is 0. The largest absolute Gasteiger partial charge is 0.459 e. The molecule has 1 N–H and O–H groups in total. The number of hydrogen-bond acceptors (Lipinski definition) is 9. The van der Waals surface area contributed by atoms with Gasteiger partial charge < -0.3 is 18.9 Å². The molecule has 1 fully saturated rings. The molecule has 41 heavy (non-hydrogen) atoms.